The molecule has 1 unspecified atom stereocenters. The minimum absolute atomic E-state index is 0.00677. The van der Waals surface area contributed by atoms with E-state index in [1.165, 1.54) is 26.1 Å². The number of hydrogen-bond acceptors (Lipinski definition) is 11. The molecule has 4 heterocycles. The Labute approximate surface area is 331 Å². The number of rotatable bonds is 10. The second-order valence-electron chi connectivity index (χ2n) is 15.5. The molecule has 2 aromatic heterocycles. The Hall–Kier alpha value is -4.72. The monoisotopic (exact) mass is 813 g/mol. The van der Waals surface area contributed by atoms with Crippen molar-refractivity contribution in [2.45, 2.75) is 77.6 Å². The lowest BCUT2D eigenvalue weighted by Crippen LogP contribution is -2.43. The average Bonchev–Trinajstić information content (AvgIpc) is 3.78. The van der Waals surface area contributed by atoms with Crippen LogP contribution >= 0.6 is 22.9 Å². The third-order valence-electron chi connectivity index (χ3n) is 10.3. The zero-order valence-corrected chi connectivity index (χ0v) is 33.8. The molecule has 0 bridgehead atoms. The molecule has 12 nitrogen and oxygen atoms in total. The van der Waals surface area contributed by atoms with Gasteiger partial charge in [-0.3, -0.25) is 24.7 Å². The second-order valence-corrected chi connectivity index (χ2v) is 16.9. The third kappa shape index (κ3) is 7.94. The number of thiophene rings is 1. The molecule has 0 saturated carbocycles. The molecule has 0 aliphatic carbocycles. The van der Waals surface area contributed by atoms with Crippen molar-refractivity contribution in [1.82, 2.24) is 19.8 Å². The molecule has 0 spiro atoms. The molecule has 298 valence electrons. The highest BCUT2D eigenvalue weighted by Gasteiger charge is 2.49. The minimum Gasteiger partial charge on any atom is -0.461 e. The van der Waals surface area contributed by atoms with Crippen molar-refractivity contribution >= 4 is 72.7 Å². The molecule has 3 amide bonds. The summed E-state index contributed by atoms with van der Waals surface area (Å²) in [6, 6.07) is 5.75. The first-order chi connectivity index (χ1) is 26.3. The van der Waals surface area contributed by atoms with Crippen molar-refractivity contribution in [3.63, 3.8) is 0 Å². The summed E-state index contributed by atoms with van der Waals surface area (Å²) in [5.74, 6) is -2.66. The van der Waals surface area contributed by atoms with E-state index in [0.29, 0.717) is 13.0 Å². The molecule has 3 atom stereocenters. The van der Waals surface area contributed by atoms with E-state index in [9.17, 15) is 24.0 Å². The Morgan fingerprint density at radius 3 is 2.64 bits per heavy atom. The Bertz CT molecular complexity index is 2280. The maximum atomic E-state index is 17.2. The van der Waals surface area contributed by atoms with E-state index in [1.54, 1.807) is 39.6 Å². The van der Waals surface area contributed by atoms with Crippen LogP contribution in [0.2, 0.25) is 5.02 Å². The molecule has 56 heavy (non-hydrogen) atoms. The summed E-state index contributed by atoms with van der Waals surface area (Å²) in [6.07, 6.45) is 0.327. The van der Waals surface area contributed by atoms with Crippen LogP contribution in [0.3, 0.4) is 0 Å². The van der Waals surface area contributed by atoms with Gasteiger partial charge in [-0.25, -0.2) is 18.0 Å². The van der Waals surface area contributed by atoms with E-state index in [-0.39, 0.29) is 90.9 Å². The molecule has 17 heteroatoms. The average molecular weight is 814 g/mol. The molecule has 0 radical (unpaired) electrons. The summed E-state index contributed by atoms with van der Waals surface area (Å²) in [7, 11) is 3.12. The number of nitrogens with one attached hydrogen (secondary N) is 1. The zero-order valence-electron chi connectivity index (χ0n) is 32.2. The van der Waals surface area contributed by atoms with E-state index in [0.717, 1.165) is 41.7 Å². The summed E-state index contributed by atoms with van der Waals surface area (Å²) in [5, 5.41) is 12.9. The molecular formula is C39H43ClF3N7O5S. The van der Waals surface area contributed by atoms with E-state index >= 15 is 8.78 Å². The van der Waals surface area contributed by atoms with Crippen LogP contribution in [0.15, 0.2) is 18.2 Å². The fourth-order valence-electron chi connectivity index (χ4n) is 7.48. The van der Waals surface area contributed by atoms with Crippen molar-refractivity contribution in [3.8, 4) is 23.2 Å². The highest BCUT2D eigenvalue weighted by atomic mass is 35.5. The summed E-state index contributed by atoms with van der Waals surface area (Å²) in [5.41, 5.74) is -1.81. The van der Waals surface area contributed by atoms with Gasteiger partial charge < -0.3 is 14.4 Å². The zero-order chi connectivity index (χ0) is 40.9. The largest absolute Gasteiger partial charge is 0.461 e. The maximum Gasteiger partial charge on any atom is 0.412 e. The Morgan fingerprint density at radius 2 is 1.96 bits per heavy atom. The lowest BCUT2D eigenvalue weighted by Gasteiger charge is -2.31. The van der Waals surface area contributed by atoms with E-state index in [1.807, 2.05) is 6.07 Å². The number of alkyl halides is 1. The maximum absolute atomic E-state index is 17.2. The first kappa shape index (κ1) is 40.9. The van der Waals surface area contributed by atoms with Gasteiger partial charge in [0.15, 0.2) is 5.82 Å². The summed E-state index contributed by atoms with van der Waals surface area (Å²) in [4.78, 5) is 51.3. The normalized spacial score (nSPS) is 18.8. The number of nitriles is 1. The first-order valence-electron chi connectivity index (χ1n) is 18.2. The Morgan fingerprint density at radius 1 is 1.23 bits per heavy atom. The molecule has 4 aromatic rings. The quantitative estimate of drug-likeness (QED) is 0.167. The standard InChI is InChI=1S/C39H43ClF3N7O5S/c1-20(35(52)49(7)21(2)51)11-14-48(6)33-24-15-26(40)29(30(43)31(24)45-36(46-33)54-19-39-12-8-13-50(39)18-22(41)16-39)23-9-10-27(42)32-28(23)25(17-44)34(56-32)47-37(53)55-38(3,4)5/h9-10,15,20,22H,8,11-14,16,18-19H2,1-7H3,(H,47,53)/t20?,22-,39+/m1/s1. The van der Waals surface area contributed by atoms with Gasteiger partial charge in [-0.15, -0.1) is 11.3 Å². The summed E-state index contributed by atoms with van der Waals surface area (Å²) >= 11 is 7.68. The predicted molar refractivity (Wildman–Crippen MR) is 209 cm³/mol. The van der Waals surface area contributed by atoms with Crippen LogP contribution in [-0.4, -0.2) is 95.3 Å². The predicted octanol–water partition coefficient (Wildman–Crippen LogP) is 8.08. The molecule has 2 aliphatic heterocycles. The summed E-state index contributed by atoms with van der Waals surface area (Å²) in [6.45, 7) is 9.37. The fraction of sp³-hybridized carbons (Fsp3) is 0.487. The van der Waals surface area contributed by atoms with E-state index in [4.69, 9.17) is 21.1 Å². The minimum atomic E-state index is -1.00. The van der Waals surface area contributed by atoms with Gasteiger partial charge in [0.1, 0.15) is 46.6 Å². The number of carbonyl (C=O) groups excluding carboxylic acids is 3. The second kappa shape index (κ2) is 15.7. The first-order valence-corrected chi connectivity index (χ1v) is 19.4. The van der Waals surface area contributed by atoms with Crippen molar-refractivity contribution in [3.05, 3.63) is 40.4 Å². The molecule has 2 aromatic carbocycles. The van der Waals surface area contributed by atoms with Crippen LogP contribution < -0.4 is 15.0 Å². The number of imide groups is 1. The van der Waals surface area contributed by atoms with Gasteiger partial charge in [-0.1, -0.05) is 24.6 Å². The smallest absolute Gasteiger partial charge is 0.412 e. The highest BCUT2D eigenvalue weighted by Crippen LogP contribution is 2.47. The molecule has 1 N–H and O–H groups in total. The van der Waals surface area contributed by atoms with Gasteiger partial charge in [-0.05, 0) is 64.3 Å². The number of fused-ring (bicyclic) bond motifs is 3. The Kier molecular flexibility index (Phi) is 11.5. The number of hydrogen-bond donors (Lipinski definition) is 1. The van der Waals surface area contributed by atoms with Gasteiger partial charge in [0.2, 0.25) is 11.8 Å². The van der Waals surface area contributed by atoms with Crippen molar-refractivity contribution in [1.29, 1.82) is 5.26 Å². The number of anilines is 2. The van der Waals surface area contributed by atoms with Crippen LogP contribution in [0.25, 0.3) is 32.1 Å². The Balaban J connectivity index is 1.46. The number of carbonyl (C=O) groups is 3. The van der Waals surface area contributed by atoms with E-state index in [2.05, 4.69) is 20.2 Å². The van der Waals surface area contributed by atoms with Crippen LogP contribution in [-0.2, 0) is 14.3 Å². The van der Waals surface area contributed by atoms with Crippen LogP contribution in [0.4, 0.5) is 28.8 Å². The van der Waals surface area contributed by atoms with Gasteiger partial charge in [0.05, 0.1) is 20.8 Å². The van der Waals surface area contributed by atoms with Crippen LogP contribution in [0.1, 0.15) is 65.9 Å². The van der Waals surface area contributed by atoms with Crippen molar-refractivity contribution < 1.29 is 37.0 Å². The molecule has 6 rings (SSSR count). The lowest BCUT2D eigenvalue weighted by atomic mass is 9.95. The summed E-state index contributed by atoms with van der Waals surface area (Å²) < 4.78 is 58.7. The number of halogens is 4. The van der Waals surface area contributed by atoms with Crippen LogP contribution in [0, 0.1) is 28.9 Å². The SMILES string of the molecule is CC(=O)N(C)C(=O)C(C)CCN(C)c1nc(OC[C@@]23CCCN2C[C@H](F)C3)nc2c(F)c(-c3ccc(F)c4sc(NC(=O)OC(C)(C)C)c(C#N)c34)c(Cl)cc12. The lowest BCUT2D eigenvalue weighted by molar-refractivity contribution is -0.144. The van der Waals surface area contributed by atoms with Gasteiger partial charge >= 0.3 is 12.1 Å². The van der Waals surface area contributed by atoms with E-state index < -0.39 is 41.0 Å². The topological polar surface area (TPSA) is 141 Å². The molecular weight excluding hydrogens is 771 g/mol. The number of nitrogens with zero attached hydrogens (tertiary/aromatic N) is 6. The van der Waals surface area contributed by atoms with Gasteiger partial charge in [0, 0.05) is 62.8 Å². The number of aromatic nitrogens is 2. The fourth-order valence-corrected chi connectivity index (χ4v) is 8.85. The molecule has 2 fully saturated rings. The van der Waals surface area contributed by atoms with Crippen molar-refractivity contribution in [2.24, 2.45) is 5.92 Å². The molecule has 2 aliphatic rings. The van der Waals surface area contributed by atoms with Crippen LogP contribution in [0.5, 0.6) is 6.01 Å². The highest BCUT2D eigenvalue weighted by molar-refractivity contribution is 7.23. The van der Waals surface area contributed by atoms with Crippen molar-refractivity contribution in [2.75, 3.05) is 50.6 Å². The molecule has 2 saturated heterocycles. The number of ether oxygens (including phenoxy) is 2. The number of benzene rings is 2. The van der Waals surface area contributed by atoms with Gasteiger partial charge in [-0.2, -0.15) is 15.2 Å². The number of amides is 3. The third-order valence-corrected chi connectivity index (χ3v) is 11.8. The van der Waals surface area contributed by atoms with Gasteiger partial charge in [0.25, 0.3) is 0 Å².